The minimum atomic E-state index is -0.330. The lowest BCUT2D eigenvalue weighted by Gasteiger charge is -2.12. The predicted octanol–water partition coefficient (Wildman–Crippen LogP) is 1.82. The van der Waals surface area contributed by atoms with E-state index in [4.69, 9.17) is 0 Å². The van der Waals surface area contributed by atoms with Crippen molar-refractivity contribution in [1.29, 1.82) is 0 Å². The van der Waals surface area contributed by atoms with Crippen LogP contribution in [0.1, 0.15) is 22.3 Å². The van der Waals surface area contributed by atoms with E-state index in [1.54, 1.807) is 19.1 Å². The third-order valence-electron chi connectivity index (χ3n) is 3.47. The van der Waals surface area contributed by atoms with Crippen molar-refractivity contribution in [2.45, 2.75) is 13.3 Å². The van der Waals surface area contributed by atoms with Gasteiger partial charge in [0.25, 0.3) is 5.91 Å². The summed E-state index contributed by atoms with van der Waals surface area (Å²) in [7, 11) is 2.08. The zero-order chi connectivity index (χ0) is 13.1. The van der Waals surface area contributed by atoms with Crippen LogP contribution in [0.3, 0.4) is 0 Å². The normalized spacial score (nSPS) is 20.1. The highest BCUT2D eigenvalue weighted by molar-refractivity contribution is 5.94. The van der Waals surface area contributed by atoms with Crippen LogP contribution >= 0.6 is 0 Å². The van der Waals surface area contributed by atoms with E-state index >= 15 is 0 Å². The maximum atomic E-state index is 13.3. The molecule has 1 aliphatic heterocycles. The first kappa shape index (κ1) is 13.0. The van der Waals surface area contributed by atoms with E-state index in [1.165, 1.54) is 6.07 Å². The smallest absolute Gasteiger partial charge is 0.251 e. The molecule has 1 saturated heterocycles. The zero-order valence-corrected chi connectivity index (χ0v) is 10.9. The van der Waals surface area contributed by atoms with Gasteiger partial charge in [0.2, 0.25) is 0 Å². The molecule has 98 valence electrons. The SMILES string of the molecule is Cc1ccc(C(=O)NCC2CCN(C)C2)cc1F. The number of nitrogens with zero attached hydrogens (tertiary/aromatic N) is 1. The van der Waals surface area contributed by atoms with E-state index in [1.807, 2.05) is 0 Å². The Bertz CT molecular complexity index is 447. The molecular weight excluding hydrogens is 231 g/mol. The summed E-state index contributed by atoms with van der Waals surface area (Å²) in [6.07, 6.45) is 1.11. The number of aryl methyl sites for hydroxylation is 1. The molecule has 1 fully saturated rings. The van der Waals surface area contributed by atoms with Crippen LogP contribution in [0.25, 0.3) is 0 Å². The first-order valence-electron chi connectivity index (χ1n) is 6.29. The molecule has 4 heteroatoms. The molecule has 1 aliphatic rings. The van der Waals surface area contributed by atoms with Crippen LogP contribution in [0.5, 0.6) is 0 Å². The van der Waals surface area contributed by atoms with Crippen molar-refractivity contribution in [2.75, 3.05) is 26.7 Å². The monoisotopic (exact) mass is 250 g/mol. The number of hydrogen-bond acceptors (Lipinski definition) is 2. The highest BCUT2D eigenvalue weighted by atomic mass is 19.1. The van der Waals surface area contributed by atoms with E-state index < -0.39 is 0 Å². The Balaban J connectivity index is 1.89. The molecule has 1 unspecified atom stereocenters. The number of rotatable bonds is 3. The number of nitrogens with one attached hydrogen (secondary N) is 1. The number of hydrogen-bond donors (Lipinski definition) is 1. The van der Waals surface area contributed by atoms with E-state index in [-0.39, 0.29) is 11.7 Å². The Kier molecular flexibility index (Phi) is 3.97. The number of carbonyl (C=O) groups is 1. The molecule has 0 aromatic heterocycles. The van der Waals surface area contributed by atoms with Crippen LogP contribution in [0.2, 0.25) is 0 Å². The Morgan fingerprint density at radius 2 is 2.33 bits per heavy atom. The second-order valence-electron chi connectivity index (χ2n) is 5.09. The van der Waals surface area contributed by atoms with Gasteiger partial charge in [-0.05, 0) is 50.6 Å². The van der Waals surface area contributed by atoms with Crippen molar-refractivity contribution >= 4 is 5.91 Å². The number of likely N-dealkylation sites (tertiary alicyclic amines) is 1. The van der Waals surface area contributed by atoms with Crippen molar-refractivity contribution in [2.24, 2.45) is 5.92 Å². The van der Waals surface area contributed by atoms with Gasteiger partial charge in [0, 0.05) is 18.7 Å². The fourth-order valence-electron chi connectivity index (χ4n) is 2.27. The van der Waals surface area contributed by atoms with Gasteiger partial charge in [0.1, 0.15) is 5.82 Å². The van der Waals surface area contributed by atoms with E-state index in [0.717, 1.165) is 19.5 Å². The quantitative estimate of drug-likeness (QED) is 0.887. The Hall–Kier alpha value is -1.42. The van der Waals surface area contributed by atoms with Gasteiger partial charge in [-0.15, -0.1) is 0 Å². The van der Waals surface area contributed by atoms with Crippen molar-refractivity contribution in [3.05, 3.63) is 35.1 Å². The van der Waals surface area contributed by atoms with Gasteiger partial charge in [0.15, 0.2) is 0 Å². The molecule has 3 nitrogen and oxygen atoms in total. The summed E-state index contributed by atoms with van der Waals surface area (Å²) in [5, 5.41) is 2.88. The summed E-state index contributed by atoms with van der Waals surface area (Å²) >= 11 is 0. The summed E-state index contributed by atoms with van der Waals surface area (Å²) in [4.78, 5) is 14.1. The van der Waals surface area contributed by atoms with Crippen LogP contribution in [0.4, 0.5) is 4.39 Å². The summed E-state index contributed by atoms with van der Waals surface area (Å²) in [6.45, 7) is 4.45. The maximum absolute atomic E-state index is 13.3. The van der Waals surface area contributed by atoms with Crippen molar-refractivity contribution in [3.8, 4) is 0 Å². The second-order valence-corrected chi connectivity index (χ2v) is 5.09. The molecule has 0 saturated carbocycles. The van der Waals surface area contributed by atoms with Crippen LogP contribution in [-0.2, 0) is 0 Å². The van der Waals surface area contributed by atoms with E-state index in [2.05, 4.69) is 17.3 Å². The standard InChI is InChI=1S/C14H19FN2O/c1-10-3-4-12(7-13(10)15)14(18)16-8-11-5-6-17(2)9-11/h3-4,7,11H,5-6,8-9H2,1-2H3,(H,16,18). The molecule has 0 radical (unpaired) electrons. The molecule has 0 spiro atoms. The zero-order valence-electron chi connectivity index (χ0n) is 10.9. The Morgan fingerprint density at radius 3 is 2.94 bits per heavy atom. The summed E-state index contributed by atoms with van der Waals surface area (Å²) in [5.41, 5.74) is 0.952. The number of benzene rings is 1. The molecule has 1 aromatic carbocycles. The first-order valence-corrected chi connectivity index (χ1v) is 6.29. The Labute approximate surface area is 107 Å². The van der Waals surface area contributed by atoms with Crippen molar-refractivity contribution < 1.29 is 9.18 Å². The molecule has 2 rings (SSSR count). The minimum Gasteiger partial charge on any atom is -0.352 e. The maximum Gasteiger partial charge on any atom is 0.251 e. The van der Waals surface area contributed by atoms with Gasteiger partial charge in [-0.1, -0.05) is 6.07 Å². The summed E-state index contributed by atoms with van der Waals surface area (Å²) < 4.78 is 13.3. The predicted molar refractivity (Wildman–Crippen MR) is 69.1 cm³/mol. The first-order chi connectivity index (χ1) is 8.56. The number of carbonyl (C=O) groups excluding carboxylic acids is 1. The largest absolute Gasteiger partial charge is 0.352 e. The van der Waals surface area contributed by atoms with E-state index in [9.17, 15) is 9.18 Å². The van der Waals surface area contributed by atoms with Crippen LogP contribution in [-0.4, -0.2) is 37.5 Å². The highest BCUT2D eigenvalue weighted by Gasteiger charge is 2.20. The van der Waals surface area contributed by atoms with Gasteiger partial charge >= 0.3 is 0 Å². The third kappa shape index (κ3) is 3.07. The molecular formula is C14H19FN2O. The van der Waals surface area contributed by atoms with Crippen LogP contribution in [0.15, 0.2) is 18.2 Å². The lowest BCUT2D eigenvalue weighted by Crippen LogP contribution is -2.30. The van der Waals surface area contributed by atoms with Gasteiger partial charge in [-0.3, -0.25) is 4.79 Å². The topological polar surface area (TPSA) is 32.3 Å². The summed E-state index contributed by atoms with van der Waals surface area (Å²) in [5.74, 6) is -0.0130. The molecule has 1 N–H and O–H groups in total. The molecule has 1 aromatic rings. The van der Waals surface area contributed by atoms with Gasteiger partial charge < -0.3 is 10.2 Å². The minimum absolute atomic E-state index is 0.191. The van der Waals surface area contributed by atoms with E-state index in [0.29, 0.717) is 23.6 Å². The van der Waals surface area contributed by atoms with Crippen molar-refractivity contribution in [3.63, 3.8) is 0 Å². The molecule has 1 atom stereocenters. The average Bonchev–Trinajstić information content (AvgIpc) is 2.75. The number of amides is 1. The van der Waals surface area contributed by atoms with Crippen LogP contribution < -0.4 is 5.32 Å². The fraction of sp³-hybridized carbons (Fsp3) is 0.500. The Morgan fingerprint density at radius 1 is 1.56 bits per heavy atom. The highest BCUT2D eigenvalue weighted by Crippen LogP contribution is 2.13. The van der Waals surface area contributed by atoms with Gasteiger partial charge in [-0.2, -0.15) is 0 Å². The summed E-state index contributed by atoms with van der Waals surface area (Å²) in [6, 6.07) is 4.59. The molecule has 18 heavy (non-hydrogen) atoms. The molecule has 0 aliphatic carbocycles. The average molecular weight is 250 g/mol. The van der Waals surface area contributed by atoms with Gasteiger partial charge in [-0.25, -0.2) is 4.39 Å². The molecule has 1 heterocycles. The lowest BCUT2D eigenvalue weighted by atomic mass is 10.1. The lowest BCUT2D eigenvalue weighted by molar-refractivity contribution is 0.0947. The third-order valence-corrected chi connectivity index (χ3v) is 3.47. The molecule has 0 bridgehead atoms. The van der Waals surface area contributed by atoms with Gasteiger partial charge in [0.05, 0.1) is 0 Å². The van der Waals surface area contributed by atoms with Crippen molar-refractivity contribution in [1.82, 2.24) is 10.2 Å². The number of halogens is 1. The fourth-order valence-corrected chi connectivity index (χ4v) is 2.27. The second kappa shape index (κ2) is 5.48. The van der Waals surface area contributed by atoms with Crippen LogP contribution in [0, 0.1) is 18.7 Å². The molecule has 1 amide bonds.